The number of rotatable bonds is 5. The topological polar surface area (TPSA) is 112 Å². The maximum Gasteiger partial charge on any atom is 0.257 e. The second kappa shape index (κ2) is 7.33. The summed E-state index contributed by atoms with van der Waals surface area (Å²) in [7, 11) is 0. The standard InChI is InChI=1S/C17H20N4O4/c1-11-19-16(25-20-11)12-6-8-21(9-7-12)17(23)13-4-2-3-5-14(13)24-10-15(18)22/h2-5,12H,6-10H2,1H3,(H2,18,22). The third-order valence-electron chi connectivity index (χ3n) is 4.16. The number of nitrogens with zero attached hydrogens (tertiary/aromatic N) is 3. The predicted octanol–water partition coefficient (Wildman–Crippen LogP) is 1.26. The average molecular weight is 344 g/mol. The first kappa shape index (κ1) is 16.9. The lowest BCUT2D eigenvalue weighted by molar-refractivity contribution is -0.119. The molecule has 2 amide bonds. The number of likely N-dealkylation sites (tertiary alicyclic amines) is 1. The number of hydrogen-bond acceptors (Lipinski definition) is 6. The number of piperidine rings is 1. The van der Waals surface area contributed by atoms with E-state index in [1.807, 2.05) is 0 Å². The number of benzene rings is 1. The van der Waals surface area contributed by atoms with Crippen LogP contribution in [0.3, 0.4) is 0 Å². The Labute approximate surface area is 144 Å². The molecule has 2 aromatic rings. The predicted molar refractivity (Wildman–Crippen MR) is 88.0 cm³/mol. The van der Waals surface area contributed by atoms with Crippen LogP contribution >= 0.6 is 0 Å². The molecule has 0 spiro atoms. The second-order valence-corrected chi connectivity index (χ2v) is 6.00. The van der Waals surface area contributed by atoms with Crippen LogP contribution in [0.4, 0.5) is 0 Å². The molecular weight excluding hydrogens is 324 g/mol. The lowest BCUT2D eigenvalue weighted by Crippen LogP contribution is -2.38. The van der Waals surface area contributed by atoms with E-state index >= 15 is 0 Å². The number of carbonyl (C=O) groups excluding carboxylic acids is 2. The third-order valence-corrected chi connectivity index (χ3v) is 4.16. The van der Waals surface area contributed by atoms with Gasteiger partial charge < -0.3 is 19.9 Å². The molecule has 25 heavy (non-hydrogen) atoms. The molecular formula is C17H20N4O4. The second-order valence-electron chi connectivity index (χ2n) is 6.00. The van der Waals surface area contributed by atoms with E-state index in [1.165, 1.54) is 0 Å². The molecule has 0 unspecified atom stereocenters. The summed E-state index contributed by atoms with van der Waals surface area (Å²) in [6, 6.07) is 6.85. The van der Waals surface area contributed by atoms with Crippen LogP contribution in [0.1, 0.15) is 40.8 Å². The van der Waals surface area contributed by atoms with E-state index in [4.69, 9.17) is 15.0 Å². The zero-order valence-electron chi connectivity index (χ0n) is 14.0. The summed E-state index contributed by atoms with van der Waals surface area (Å²) < 4.78 is 10.6. The van der Waals surface area contributed by atoms with E-state index < -0.39 is 5.91 Å². The largest absolute Gasteiger partial charge is 0.483 e. The summed E-state index contributed by atoms with van der Waals surface area (Å²) in [5.74, 6) is 1.08. The molecule has 1 saturated heterocycles. The molecule has 1 aromatic carbocycles. The lowest BCUT2D eigenvalue weighted by Gasteiger charge is -2.30. The number of aryl methyl sites for hydroxylation is 1. The molecule has 0 radical (unpaired) electrons. The van der Waals surface area contributed by atoms with Gasteiger partial charge in [-0.2, -0.15) is 4.98 Å². The summed E-state index contributed by atoms with van der Waals surface area (Å²) in [4.78, 5) is 29.7. The Morgan fingerprint density at radius 2 is 2.04 bits per heavy atom. The van der Waals surface area contributed by atoms with Crippen molar-refractivity contribution in [1.29, 1.82) is 0 Å². The minimum Gasteiger partial charge on any atom is -0.483 e. The average Bonchev–Trinajstić information content (AvgIpc) is 3.06. The van der Waals surface area contributed by atoms with Gasteiger partial charge in [0.2, 0.25) is 5.89 Å². The third kappa shape index (κ3) is 3.96. The minimum atomic E-state index is -0.585. The van der Waals surface area contributed by atoms with Gasteiger partial charge in [0.25, 0.3) is 11.8 Å². The van der Waals surface area contributed by atoms with Crippen LogP contribution in [0.15, 0.2) is 28.8 Å². The molecule has 2 heterocycles. The summed E-state index contributed by atoms with van der Waals surface area (Å²) in [6.45, 7) is 2.71. The van der Waals surface area contributed by atoms with Crippen LogP contribution < -0.4 is 10.5 Å². The molecule has 8 nitrogen and oxygen atoms in total. The molecule has 132 valence electrons. The van der Waals surface area contributed by atoms with Gasteiger partial charge in [-0.05, 0) is 31.9 Å². The van der Waals surface area contributed by atoms with Gasteiger partial charge in [0.1, 0.15) is 5.75 Å². The Balaban J connectivity index is 1.65. The van der Waals surface area contributed by atoms with Crippen LogP contribution in [0.5, 0.6) is 5.75 Å². The highest BCUT2D eigenvalue weighted by atomic mass is 16.5. The van der Waals surface area contributed by atoms with Crippen LogP contribution in [0.2, 0.25) is 0 Å². The molecule has 0 saturated carbocycles. The highest BCUT2D eigenvalue weighted by Crippen LogP contribution is 2.28. The van der Waals surface area contributed by atoms with E-state index in [9.17, 15) is 9.59 Å². The quantitative estimate of drug-likeness (QED) is 0.874. The van der Waals surface area contributed by atoms with E-state index in [-0.39, 0.29) is 18.4 Å². The van der Waals surface area contributed by atoms with Crippen molar-refractivity contribution in [2.45, 2.75) is 25.7 Å². The van der Waals surface area contributed by atoms with Crippen LogP contribution in [-0.4, -0.2) is 46.6 Å². The van der Waals surface area contributed by atoms with Crippen molar-refractivity contribution in [2.75, 3.05) is 19.7 Å². The van der Waals surface area contributed by atoms with Gasteiger partial charge in [0, 0.05) is 19.0 Å². The van der Waals surface area contributed by atoms with Gasteiger partial charge in [-0.25, -0.2) is 0 Å². The van der Waals surface area contributed by atoms with E-state index in [0.717, 1.165) is 12.8 Å². The fourth-order valence-corrected chi connectivity index (χ4v) is 2.90. The number of hydrogen-bond donors (Lipinski definition) is 1. The number of primary amides is 1. The van der Waals surface area contributed by atoms with E-state index in [2.05, 4.69) is 10.1 Å². The molecule has 1 aromatic heterocycles. The first-order valence-corrected chi connectivity index (χ1v) is 8.14. The molecule has 0 aliphatic carbocycles. The Bertz CT molecular complexity index is 766. The van der Waals surface area contributed by atoms with Crippen molar-refractivity contribution < 1.29 is 18.8 Å². The van der Waals surface area contributed by atoms with Crippen molar-refractivity contribution in [2.24, 2.45) is 5.73 Å². The fraction of sp³-hybridized carbons (Fsp3) is 0.412. The maximum absolute atomic E-state index is 12.8. The Hall–Kier alpha value is -2.90. The van der Waals surface area contributed by atoms with Crippen LogP contribution in [-0.2, 0) is 4.79 Å². The van der Waals surface area contributed by atoms with E-state index in [0.29, 0.717) is 36.1 Å². The van der Waals surface area contributed by atoms with Gasteiger partial charge in [0.05, 0.1) is 5.56 Å². The maximum atomic E-state index is 12.8. The molecule has 2 N–H and O–H groups in total. The number of para-hydroxylation sites is 1. The molecule has 1 aliphatic heterocycles. The molecule has 1 fully saturated rings. The van der Waals surface area contributed by atoms with Crippen molar-refractivity contribution in [3.63, 3.8) is 0 Å². The zero-order chi connectivity index (χ0) is 17.8. The minimum absolute atomic E-state index is 0.125. The first-order valence-electron chi connectivity index (χ1n) is 8.14. The summed E-state index contributed by atoms with van der Waals surface area (Å²) in [5.41, 5.74) is 5.53. The van der Waals surface area contributed by atoms with Crippen molar-refractivity contribution >= 4 is 11.8 Å². The van der Waals surface area contributed by atoms with Gasteiger partial charge in [-0.15, -0.1) is 0 Å². The molecule has 8 heteroatoms. The van der Waals surface area contributed by atoms with Crippen molar-refractivity contribution in [3.8, 4) is 5.75 Å². The number of carbonyl (C=O) groups is 2. The smallest absolute Gasteiger partial charge is 0.257 e. The SMILES string of the molecule is Cc1noc(C2CCN(C(=O)c3ccccc3OCC(N)=O)CC2)n1. The van der Waals surface area contributed by atoms with E-state index in [1.54, 1.807) is 36.1 Å². The van der Waals surface area contributed by atoms with Gasteiger partial charge in [-0.1, -0.05) is 17.3 Å². The van der Waals surface area contributed by atoms with Crippen LogP contribution in [0, 0.1) is 6.92 Å². The number of amides is 2. The van der Waals surface area contributed by atoms with Gasteiger partial charge >= 0.3 is 0 Å². The normalized spacial score (nSPS) is 15.2. The monoisotopic (exact) mass is 344 g/mol. The summed E-state index contributed by atoms with van der Waals surface area (Å²) in [5, 5.41) is 3.82. The van der Waals surface area contributed by atoms with Crippen molar-refractivity contribution in [1.82, 2.24) is 15.0 Å². The highest BCUT2D eigenvalue weighted by Gasteiger charge is 2.28. The van der Waals surface area contributed by atoms with Gasteiger partial charge in [-0.3, -0.25) is 9.59 Å². The Morgan fingerprint density at radius 1 is 1.32 bits per heavy atom. The Kier molecular flexibility index (Phi) is 4.97. The molecule has 0 bridgehead atoms. The van der Waals surface area contributed by atoms with Crippen LogP contribution in [0.25, 0.3) is 0 Å². The fourth-order valence-electron chi connectivity index (χ4n) is 2.90. The summed E-state index contributed by atoms with van der Waals surface area (Å²) in [6.07, 6.45) is 1.52. The highest BCUT2D eigenvalue weighted by molar-refractivity contribution is 5.97. The number of ether oxygens (including phenoxy) is 1. The lowest BCUT2D eigenvalue weighted by atomic mass is 9.96. The zero-order valence-corrected chi connectivity index (χ0v) is 14.0. The number of nitrogens with two attached hydrogens (primary N) is 1. The molecule has 1 aliphatic rings. The summed E-state index contributed by atoms with van der Waals surface area (Å²) >= 11 is 0. The molecule has 3 rings (SSSR count). The number of aromatic nitrogens is 2. The van der Waals surface area contributed by atoms with Gasteiger partial charge in [0.15, 0.2) is 12.4 Å². The molecule has 0 atom stereocenters. The Morgan fingerprint density at radius 3 is 2.68 bits per heavy atom. The van der Waals surface area contributed by atoms with Crippen molar-refractivity contribution in [3.05, 3.63) is 41.5 Å². The first-order chi connectivity index (χ1) is 12.0.